The second-order valence-corrected chi connectivity index (χ2v) is 7.83. The lowest BCUT2D eigenvalue weighted by atomic mass is 9.80. The van der Waals surface area contributed by atoms with Gasteiger partial charge in [-0.15, -0.1) is 0 Å². The number of aliphatic carboxylic acids is 1. The molecule has 0 aromatic heterocycles. The van der Waals surface area contributed by atoms with Gasteiger partial charge >= 0.3 is 17.9 Å². The van der Waals surface area contributed by atoms with E-state index in [1.807, 2.05) is 0 Å². The molecule has 162 valence electrons. The van der Waals surface area contributed by atoms with Crippen molar-refractivity contribution in [3.05, 3.63) is 56.3 Å². The number of carboxylic acids is 1. The summed E-state index contributed by atoms with van der Waals surface area (Å²) in [6, 6.07) is 4.82. The number of carboxylic acid groups (broad SMARTS) is 1. The summed E-state index contributed by atoms with van der Waals surface area (Å²) in [4.78, 5) is 36.4. The molecule has 1 unspecified atom stereocenters. The number of hydrogen-bond acceptors (Lipinski definition) is 6. The van der Waals surface area contributed by atoms with Crippen LogP contribution in [0.15, 0.2) is 40.7 Å². The van der Waals surface area contributed by atoms with Gasteiger partial charge in [-0.2, -0.15) is 0 Å². The SMILES string of the molecule is CC1=C(C(=O)O)C(c2cccc(Cl)c2Cl)C(C(=O)OCCOC(=O)C(C)C)=C(C)N1. The highest BCUT2D eigenvalue weighted by Crippen LogP contribution is 2.43. The van der Waals surface area contributed by atoms with Crippen molar-refractivity contribution in [1.29, 1.82) is 0 Å². The number of hydrogen-bond donors (Lipinski definition) is 2. The summed E-state index contributed by atoms with van der Waals surface area (Å²) in [6.45, 7) is 6.35. The number of carbonyl (C=O) groups is 3. The van der Waals surface area contributed by atoms with Gasteiger partial charge in [-0.25, -0.2) is 9.59 Å². The molecule has 1 aliphatic rings. The summed E-state index contributed by atoms with van der Waals surface area (Å²) in [7, 11) is 0. The standard InChI is InChI=1S/C21H23Cl2NO6/c1-10(2)20(27)29-8-9-30-21(28)16-12(4)24-11(3)15(19(25)26)17(16)13-6-5-7-14(22)18(13)23/h5-7,10,17,24H,8-9H2,1-4H3,(H,25,26). The molecule has 2 N–H and O–H groups in total. The third-order valence-electron chi connectivity index (χ3n) is 4.54. The Bertz CT molecular complexity index is 935. The minimum Gasteiger partial charge on any atom is -0.478 e. The summed E-state index contributed by atoms with van der Waals surface area (Å²) in [5.74, 6) is -3.64. The lowest BCUT2D eigenvalue weighted by molar-refractivity contribution is -0.152. The van der Waals surface area contributed by atoms with Crippen LogP contribution in [0.25, 0.3) is 0 Å². The number of dihydropyridines is 1. The van der Waals surface area contributed by atoms with Crippen LogP contribution in [-0.4, -0.2) is 36.2 Å². The van der Waals surface area contributed by atoms with E-state index in [-0.39, 0.29) is 40.3 Å². The number of allylic oxidation sites excluding steroid dienone is 2. The van der Waals surface area contributed by atoms with E-state index in [0.29, 0.717) is 17.0 Å². The molecule has 0 fully saturated rings. The molecular weight excluding hydrogens is 433 g/mol. The van der Waals surface area contributed by atoms with E-state index in [2.05, 4.69) is 5.32 Å². The fourth-order valence-corrected chi connectivity index (χ4v) is 3.54. The van der Waals surface area contributed by atoms with E-state index in [1.165, 1.54) is 0 Å². The number of carbonyl (C=O) groups excluding carboxylic acids is 2. The molecule has 1 aliphatic heterocycles. The van der Waals surface area contributed by atoms with E-state index >= 15 is 0 Å². The van der Waals surface area contributed by atoms with Gasteiger partial charge in [0.15, 0.2) is 0 Å². The predicted octanol–water partition coefficient (Wildman–Crippen LogP) is 4.06. The predicted molar refractivity (Wildman–Crippen MR) is 112 cm³/mol. The first kappa shape index (κ1) is 23.8. The van der Waals surface area contributed by atoms with Crippen molar-refractivity contribution < 1.29 is 29.0 Å². The smallest absolute Gasteiger partial charge is 0.336 e. The first-order valence-electron chi connectivity index (χ1n) is 9.25. The van der Waals surface area contributed by atoms with Crippen molar-refractivity contribution in [2.45, 2.75) is 33.6 Å². The minimum atomic E-state index is -1.20. The van der Waals surface area contributed by atoms with Crippen molar-refractivity contribution in [3.8, 4) is 0 Å². The lowest BCUT2D eigenvalue weighted by Gasteiger charge is -2.30. The van der Waals surface area contributed by atoms with E-state index in [9.17, 15) is 19.5 Å². The molecule has 1 aromatic rings. The summed E-state index contributed by atoms with van der Waals surface area (Å²) in [5, 5.41) is 13.1. The summed E-state index contributed by atoms with van der Waals surface area (Å²) in [5.41, 5.74) is 1.24. The zero-order chi connectivity index (χ0) is 22.6. The molecular formula is C21H23Cl2NO6. The number of esters is 2. The van der Waals surface area contributed by atoms with E-state index in [1.54, 1.807) is 45.9 Å². The van der Waals surface area contributed by atoms with Crippen LogP contribution in [0.1, 0.15) is 39.2 Å². The molecule has 9 heteroatoms. The van der Waals surface area contributed by atoms with Crippen LogP contribution in [0.4, 0.5) is 0 Å². The third kappa shape index (κ3) is 5.15. The molecule has 2 rings (SSSR count). The van der Waals surface area contributed by atoms with Crippen LogP contribution in [-0.2, 0) is 23.9 Å². The van der Waals surface area contributed by atoms with Crippen molar-refractivity contribution in [2.24, 2.45) is 5.92 Å². The van der Waals surface area contributed by atoms with Crippen LogP contribution in [0.3, 0.4) is 0 Å². The Balaban J connectivity index is 2.36. The van der Waals surface area contributed by atoms with E-state index in [4.69, 9.17) is 32.7 Å². The monoisotopic (exact) mass is 455 g/mol. The number of benzene rings is 1. The Morgan fingerprint density at radius 2 is 1.67 bits per heavy atom. The van der Waals surface area contributed by atoms with Crippen LogP contribution in [0.2, 0.25) is 10.0 Å². The van der Waals surface area contributed by atoms with Crippen molar-refractivity contribution in [2.75, 3.05) is 13.2 Å². The van der Waals surface area contributed by atoms with Gasteiger partial charge in [0.25, 0.3) is 0 Å². The second-order valence-electron chi connectivity index (χ2n) is 7.04. The maximum Gasteiger partial charge on any atom is 0.336 e. The van der Waals surface area contributed by atoms with Gasteiger partial charge in [-0.05, 0) is 25.5 Å². The summed E-state index contributed by atoms with van der Waals surface area (Å²) < 4.78 is 10.3. The first-order chi connectivity index (χ1) is 14.1. The fourth-order valence-electron chi connectivity index (χ4n) is 3.12. The summed E-state index contributed by atoms with van der Waals surface area (Å²) in [6.07, 6.45) is 0. The van der Waals surface area contributed by atoms with Crippen LogP contribution in [0, 0.1) is 5.92 Å². The molecule has 0 saturated carbocycles. The van der Waals surface area contributed by atoms with Gasteiger partial charge in [-0.3, -0.25) is 4.79 Å². The molecule has 1 heterocycles. The molecule has 0 saturated heterocycles. The van der Waals surface area contributed by atoms with Gasteiger partial charge in [-0.1, -0.05) is 49.2 Å². The number of ether oxygens (including phenoxy) is 2. The number of halogens is 2. The van der Waals surface area contributed by atoms with Crippen molar-refractivity contribution in [1.82, 2.24) is 5.32 Å². The zero-order valence-corrected chi connectivity index (χ0v) is 18.6. The largest absolute Gasteiger partial charge is 0.478 e. The van der Waals surface area contributed by atoms with Gasteiger partial charge in [0.1, 0.15) is 13.2 Å². The Morgan fingerprint density at radius 1 is 1.07 bits per heavy atom. The van der Waals surface area contributed by atoms with Crippen LogP contribution >= 0.6 is 23.2 Å². The molecule has 0 spiro atoms. The average molecular weight is 456 g/mol. The highest BCUT2D eigenvalue weighted by Gasteiger charge is 2.38. The molecule has 0 aliphatic carbocycles. The zero-order valence-electron chi connectivity index (χ0n) is 17.0. The Morgan fingerprint density at radius 3 is 2.27 bits per heavy atom. The quantitative estimate of drug-likeness (QED) is 0.471. The highest BCUT2D eigenvalue weighted by atomic mass is 35.5. The number of nitrogens with one attached hydrogen (secondary N) is 1. The van der Waals surface area contributed by atoms with E-state index < -0.39 is 23.8 Å². The third-order valence-corrected chi connectivity index (χ3v) is 5.37. The van der Waals surface area contributed by atoms with Crippen LogP contribution < -0.4 is 5.32 Å². The fraction of sp³-hybridized carbons (Fsp3) is 0.381. The Labute approximate surface area is 184 Å². The molecule has 0 radical (unpaired) electrons. The van der Waals surface area contributed by atoms with E-state index in [0.717, 1.165) is 0 Å². The molecule has 7 nitrogen and oxygen atoms in total. The second kappa shape index (κ2) is 10.00. The number of rotatable bonds is 7. The normalized spacial score (nSPS) is 16.4. The Kier molecular flexibility index (Phi) is 7.92. The molecule has 0 bridgehead atoms. The first-order valence-corrected chi connectivity index (χ1v) is 10.0. The maximum atomic E-state index is 12.9. The minimum absolute atomic E-state index is 0.0389. The topological polar surface area (TPSA) is 102 Å². The Hall–Kier alpha value is -2.51. The van der Waals surface area contributed by atoms with Crippen LogP contribution in [0.5, 0.6) is 0 Å². The average Bonchev–Trinajstić information content (AvgIpc) is 2.65. The lowest BCUT2D eigenvalue weighted by Crippen LogP contribution is -2.32. The van der Waals surface area contributed by atoms with Gasteiger partial charge in [0, 0.05) is 11.4 Å². The van der Waals surface area contributed by atoms with Gasteiger partial charge < -0.3 is 19.9 Å². The highest BCUT2D eigenvalue weighted by molar-refractivity contribution is 6.42. The maximum absolute atomic E-state index is 12.9. The van der Waals surface area contributed by atoms with Crippen molar-refractivity contribution in [3.63, 3.8) is 0 Å². The molecule has 30 heavy (non-hydrogen) atoms. The molecule has 1 atom stereocenters. The van der Waals surface area contributed by atoms with Gasteiger partial charge in [0.2, 0.25) is 0 Å². The molecule has 0 amide bonds. The van der Waals surface area contributed by atoms with Crippen molar-refractivity contribution >= 4 is 41.1 Å². The van der Waals surface area contributed by atoms with Gasteiger partial charge in [0.05, 0.1) is 33.0 Å². The summed E-state index contributed by atoms with van der Waals surface area (Å²) >= 11 is 12.5. The molecule has 1 aromatic carbocycles.